The van der Waals surface area contributed by atoms with Crippen LogP contribution in [-0.4, -0.2) is 17.6 Å². The van der Waals surface area contributed by atoms with Gasteiger partial charge in [-0.2, -0.15) is 5.26 Å². The lowest BCUT2D eigenvalue weighted by Gasteiger charge is -2.08. The van der Waals surface area contributed by atoms with Gasteiger partial charge in [0.05, 0.1) is 7.11 Å². The number of hydrogen-bond donors (Lipinski definition) is 1. The lowest BCUT2D eigenvalue weighted by atomic mass is 10.1. The highest BCUT2D eigenvalue weighted by Gasteiger charge is 2.12. The molecule has 2 aromatic carbocycles. The van der Waals surface area contributed by atoms with Gasteiger partial charge in [-0.15, -0.1) is 0 Å². The van der Waals surface area contributed by atoms with Crippen molar-refractivity contribution in [2.75, 3.05) is 12.4 Å². The average Bonchev–Trinajstić information content (AvgIpc) is 3.18. The fourth-order valence-corrected chi connectivity index (χ4v) is 2.84. The van der Waals surface area contributed by atoms with Crippen molar-refractivity contribution in [3.05, 3.63) is 82.6 Å². The normalized spacial score (nSPS) is 11.0. The highest BCUT2D eigenvalue weighted by atomic mass is 35.5. The molecule has 3 aromatic rings. The fraction of sp³-hybridized carbons (Fsp3) is 0.0909. The smallest absolute Gasteiger partial charge is 0.266 e. The Balaban J connectivity index is 1.80. The highest BCUT2D eigenvalue weighted by molar-refractivity contribution is 6.31. The van der Waals surface area contributed by atoms with Gasteiger partial charge in [0, 0.05) is 28.8 Å². The van der Waals surface area contributed by atoms with Crippen LogP contribution in [0.15, 0.2) is 66.5 Å². The van der Waals surface area contributed by atoms with Crippen LogP contribution in [0.4, 0.5) is 5.69 Å². The van der Waals surface area contributed by atoms with Crippen LogP contribution in [0, 0.1) is 18.3 Å². The summed E-state index contributed by atoms with van der Waals surface area (Å²) >= 11 is 6.08. The molecular weight excluding hydrogens is 374 g/mol. The first-order valence-electron chi connectivity index (χ1n) is 8.52. The van der Waals surface area contributed by atoms with Gasteiger partial charge in [0.25, 0.3) is 5.91 Å². The SMILES string of the molecule is COc1ccc(-n2ccc(/C=C(\C#N)C(=O)Nc3cccc(Cl)c3C)c2)cc1. The molecule has 3 rings (SSSR count). The molecule has 1 aromatic heterocycles. The Morgan fingerprint density at radius 3 is 2.64 bits per heavy atom. The van der Waals surface area contributed by atoms with Crippen molar-refractivity contribution < 1.29 is 9.53 Å². The number of carbonyl (C=O) groups is 1. The van der Waals surface area contributed by atoms with Gasteiger partial charge >= 0.3 is 0 Å². The third-order valence-corrected chi connectivity index (χ3v) is 4.69. The highest BCUT2D eigenvalue weighted by Crippen LogP contribution is 2.23. The molecule has 1 amide bonds. The molecule has 0 saturated carbocycles. The summed E-state index contributed by atoms with van der Waals surface area (Å²) in [4.78, 5) is 12.5. The number of halogens is 1. The van der Waals surface area contributed by atoms with E-state index in [-0.39, 0.29) is 5.57 Å². The molecule has 1 heterocycles. The number of carbonyl (C=O) groups excluding carboxylic acids is 1. The minimum atomic E-state index is -0.481. The predicted octanol–water partition coefficient (Wildman–Crippen LogP) is 4.99. The summed E-state index contributed by atoms with van der Waals surface area (Å²) in [6, 6.07) is 16.6. The Bertz CT molecular complexity index is 1080. The van der Waals surface area contributed by atoms with Crippen molar-refractivity contribution in [1.29, 1.82) is 5.26 Å². The molecule has 0 bridgehead atoms. The number of amides is 1. The van der Waals surface area contributed by atoms with Crippen molar-refractivity contribution in [3.8, 4) is 17.5 Å². The first-order valence-corrected chi connectivity index (χ1v) is 8.90. The number of nitriles is 1. The molecule has 0 fully saturated rings. The van der Waals surface area contributed by atoms with Gasteiger partial charge in [-0.05, 0) is 66.6 Å². The van der Waals surface area contributed by atoms with Gasteiger partial charge in [0.15, 0.2) is 0 Å². The number of benzene rings is 2. The summed E-state index contributed by atoms with van der Waals surface area (Å²) in [5.41, 5.74) is 3.02. The summed E-state index contributed by atoms with van der Waals surface area (Å²) in [6.07, 6.45) is 5.26. The van der Waals surface area contributed by atoms with Crippen LogP contribution in [0.3, 0.4) is 0 Å². The molecule has 0 radical (unpaired) electrons. The number of rotatable bonds is 5. The molecule has 0 aliphatic carbocycles. The average molecular weight is 392 g/mol. The first kappa shape index (κ1) is 19.3. The minimum Gasteiger partial charge on any atom is -0.497 e. The maximum atomic E-state index is 12.5. The summed E-state index contributed by atoms with van der Waals surface area (Å²) < 4.78 is 7.06. The van der Waals surface area contributed by atoms with Crippen LogP contribution in [0.1, 0.15) is 11.1 Å². The number of nitrogens with zero attached hydrogens (tertiary/aromatic N) is 2. The van der Waals surface area contributed by atoms with Gasteiger partial charge in [0.2, 0.25) is 0 Å². The van der Waals surface area contributed by atoms with Gasteiger partial charge in [0.1, 0.15) is 17.4 Å². The predicted molar refractivity (Wildman–Crippen MR) is 111 cm³/mol. The standard InChI is InChI=1S/C22H18ClN3O2/c1-15-20(23)4-3-5-21(15)25-22(27)17(13-24)12-16-10-11-26(14-16)18-6-8-19(28-2)9-7-18/h3-12,14H,1-2H3,(H,25,27)/b17-12+. The zero-order valence-electron chi connectivity index (χ0n) is 15.4. The maximum Gasteiger partial charge on any atom is 0.266 e. The lowest BCUT2D eigenvalue weighted by Crippen LogP contribution is -2.14. The second-order valence-electron chi connectivity index (χ2n) is 6.09. The van der Waals surface area contributed by atoms with Crippen LogP contribution in [0.25, 0.3) is 11.8 Å². The molecule has 0 saturated heterocycles. The molecule has 0 aliphatic rings. The summed E-state index contributed by atoms with van der Waals surface area (Å²) in [7, 11) is 1.62. The topological polar surface area (TPSA) is 67.0 Å². The van der Waals surface area contributed by atoms with Crippen molar-refractivity contribution in [3.63, 3.8) is 0 Å². The van der Waals surface area contributed by atoms with Crippen molar-refractivity contribution in [2.24, 2.45) is 0 Å². The summed E-state index contributed by atoms with van der Waals surface area (Å²) in [5, 5.41) is 12.7. The van der Waals surface area contributed by atoms with E-state index < -0.39 is 5.91 Å². The van der Waals surface area contributed by atoms with Crippen LogP contribution in [0.2, 0.25) is 5.02 Å². The second-order valence-corrected chi connectivity index (χ2v) is 6.49. The quantitative estimate of drug-likeness (QED) is 0.492. The van der Waals surface area contributed by atoms with Gasteiger partial charge < -0.3 is 14.6 Å². The molecule has 0 unspecified atom stereocenters. The Morgan fingerprint density at radius 2 is 1.96 bits per heavy atom. The van der Waals surface area contributed by atoms with E-state index in [1.807, 2.05) is 60.3 Å². The molecule has 28 heavy (non-hydrogen) atoms. The molecule has 6 heteroatoms. The van der Waals surface area contributed by atoms with Crippen LogP contribution >= 0.6 is 11.6 Å². The summed E-state index contributed by atoms with van der Waals surface area (Å²) in [6.45, 7) is 1.81. The zero-order valence-corrected chi connectivity index (χ0v) is 16.2. The fourth-order valence-electron chi connectivity index (χ4n) is 2.66. The minimum absolute atomic E-state index is 0.00635. The van der Waals surface area contributed by atoms with Crippen molar-refractivity contribution in [2.45, 2.75) is 6.92 Å². The van der Waals surface area contributed by atoms with E-state index >= 15 is 0 Å². The van der Waals surface area contributed by atoms with Crippen molar-refractivity contribution in [1.82, 2.24) is 4.57 Å². The number of nitrogens with one attached hydrogen (secondary N) is 1. The maximum absolute atomic E-state index is 12.5. The number of hydrogen-bond acceptors (Lipinski definition) is 3. The molecule has 0 spiro atoms. The largest absolute Gasteiger partial charge is 0.497 e. The lowest BCUT2D eigenvalue weighted by molar-refractivity contribution is -0.112. The van der Waals surface area contributed by atoms with E-state index in [1.165, 1.54) is 0 Å². The van der Waals surface area contributed by atoms with Crippen LogP contribution in [0.5, 0.6) is 5.75 Å². The molecular formula is C22H18ClN3O2. The van der Waals surface area contributed by atoms with E-state index in [4.69, 9.17) is 16.3 Å². The Hall–Kier alpha value is -3.49. The van der Waals surface area contributed by atoms with E-state index in [2.05, 4.69) is 5.32 Å². The molecule has 5 nitrogen and oxygen atoms in total. The third kappa shape index (κ3) is 4.25. The van der Waals surface area contributed by atoms with Gasteiger partial charge in [-0.3, -0.25) is 4.79 Å². The van der Waals surface area contributed by atoms with Crippen LogP contribution in [-0.2, 0) is 4.79 Å². The van der Waals surface area contributed by atoms with Crippen molar-refractivity contribution >= 4 is 29.3 Å². The van der Waals surface area contributed by atoms with Gasteiger partial charge in [-0.25, -0.2) is 0 Å². The van der Waals surface area contributed by atoms with E-state index in [0.29, 0.717) is 10.7 Å². The first-order chi connectivity index (χ1) is 13.5. The van der Waals surface area contributed by atoms with E-state index in [0.717, 1.165) is 22.6 Å². The monoisotopic (exact) mass is 391 g/mol. The zero-order chi connectivity index (χ0) is 20.1. The Kier molecular flexibility index (Phi) is 5.83. The van der Waals surface area contributed by atoms with E-state index in [1.54, 1.807) is 31.4 Å². The van der Waals surface area contributed by atoms with E-state index in [9.17, 15) is 10.1 Å². The number of anilines is 1. The third-order valence-electron chi connectivity index (χ3n) is 4.28. The number of ether oxygens (including phenoxy) is 1. The molecule has 1 N–H and O–H groups in total. The molecule has 0 aliphatic heterocycles. The van der Waals surface area contributed by atoms with Gasteiger partial charge in [-0.1, -0.05) is 17.7 Å². The second kappa shape index (κ2) is 8.47. The Morgan fingerprint density at radius 1 is 1.21 bits per heavy atom. The Labute approximate surface area is 168 Å². The molecule has 0 atom stereocenters. The summed E-state index contributed by atoms with van der Waals surface area (Å²) in [5.74, 6) is 0.292. The van der Waals surface area contributed by atoms with Crippen LogP contribution < -0.4 is 10.1 Å². The number of aromatic nitrogens is 1. The molecule has 140 valence electrons. The number of methoxy groups -OCH3 is 1.